The van der Waals surface area contributed by atoms with Crippen molar-refractivity contribution in [2.75, 3.05) is 32.1 Å². The Balaban J connectivity index is 2.73. The van der Waals surface area contributed by atoms with Crippen molar-refractivity contribution in [2.24, 2.45) is 5.73 Å². The summed E-state index contributed by atoms with van der Waals surface area (Å²) in [6, 6.07) is 0. The van der Waals surface area contributed by atoms with E-state index in [0.717, 1.165) is 31.0 Å². The van der Waals surface area contributed by atoms with Crippen LogP contribution in [-0.4, -0.2) is 37.0 Å². The molecule has 5 nitrogen and oxygen atoms in total. The molecule has 0 fully saturated rings. The van der Waals surface area contributed by atoms with Gasteiger partial charge in [0.05, 0.1) is 12.7 Å². The Morgan fingerprint density at radius 2 is 2.27 bits per heavy atom. The summed E-state index contributed by atoms with van der Waals surface area (Å²) in [6.07, 6.45) is 1.85. The van der Waals surface area contributed by atoms with Crippen LogP contribution in [0.5, 0.6) is 0 Å². The molecule has 0 saturated carbocycles. The molecule has 1 aromatic rings. The Kier molecular flexibility index (Phi) is 4.58. The predicted octanol–water partition coefficient (Wildman–Crippen LogP) is 0.0173. The first-order valence-corrected chi connectivity index (χ1v) is 5.33. The Morgan fingerprint density at radius 3 is 2.80 bits per heavy atom. The van der Waals surface area contributed by atoms with Crippen LogP contribution in [0.25, 0.3) is 0 Å². The average molecular weight is 211 g/mol. The molecule has 0 spiro atoms. The first-order chi connectivity index (χ1) is 7.20. The Bertz CT molecular complexity index is 292. The lowest BCUT2D eigenvalue weighted by Gasteiger charge is -2.16. The maximum absolute atomic E-state index is 5.66. The van der Waals surface area contributed by atoms with Gasteiger partial charge in [-0.1, -0.05) is 6.92 Å². The molecule has 3 N–H and O–H groups in total. The van der Waals surface area contributed by atoms with Gasteiger partial charge in [-0.15, -0.1) is 0 Å². The summed E-state index contributed by atoms with van der Waals surface area (Å²) in [4.78, 5) is 2.06. The van der Waals surface area contributed by atoms with Crippen LogP contribution < -0.4 is 16.0 Å². The van der Waals surface area contributed by atoms with Gasteiger partial charge in [-0.25, -0.2) is 4.68 Å². The summed E-state index contributed by atoms with van der Waals surface area (Å²) >= 11 is 0. The van der Waals surface area contributed by atoms with E-state index in [0.29, 0.717) is 6.54 Å². The highest BCUT2D eigenvalue weighted by Gasteiger charge is 2.10. The van der Waals surface area contributed by atoms with Crippen LogP contribution in [0.3, 0.4) is 0 Å². The van der Waals surface area contributed by atoms with Gasteiger partial charge in [0.15, 0.2) is 0 Å². The van der Waals surface area contributed by atoms with Gasteiger partial charge in [0.2, 0.25) is 0 Å². The minimum absolute atomic E-state index is 0.536. The lowest BCUT2D eigenvalue weighted by molar-refractivity contribution is 0.564. The number of nitrogens with two attached hydrogens (primary N) is 1. The first-order valence-electron chi connectivity index (χ1n) is 5.33. The van der Waals surface area contributed by atoms with Crippen LogP contribution in [0.2, 0.25) is 0 Å². The van der Waals surface area contributed by atoms with Crippen LogP contribution >= 0.6 is 0 Å². The van der Waals surface area contributed by atoms with Gasteiger partial charge in [-0.3, -0.25) is 0 Å². The fourth-order valence-electron chi connectivity index (χ4n) is 1.61. The molecular weight excluding hydrogens is 190 g/mol. The van der Waals surface area contributed by atoms with Crippen molar-refractivity contribution in [1.82, 2.24) is 15.1 Å². The van der Waals surface area contributed by atoms with E-state index >= 15 is 0 Å². The number of hydrogen-bond donors (Lipinski definition) is 2. The molecule has 0 bridgehead atoms. The molecule has 5 heteroatoms. The summed E-state index contributed by atoms with van der Waals surface area (Å²) in [5.41, 5.74) is 6.75. The van der Waals surface area contributed by atoms with Crippen molar-refractivity contribution in [3.05, 3.63) is 11.8 Å². The zero-order valence-electron chi connectivity index (χ0n) is 9.82. The summed E-state index contributed by atoms with van der Waals surface area (Å²) in [7, 11) is 4.03. The molecule has 0 saturated heterocycles. The van der Waals surface area contributed by atoms with Gasteiger partial charge < -0.3 is 16.0 Å². The lowest BCUT2D eigenvalue weighted by Crippen LogP contribution is -2.23. The van der Waals surface area contributed by atoms with Gasteiger partial charge in [0.25, 0.3) is 0 Å². The van der Waals surface area contributed by atoms with E-state index < -0.39 is 0 Å². The van der Waals surface area contributed by atoms with E-state index in [2.05, 4.69) is 22.2 Å². The van der Waals surface area contributed by atoms with Gasteiger partial charge in [0, 0.05) is 32.7 Å². The van der Waals surface area contributed by atoms with E-state index in [-0.39, 0.29) is 0 Å². The first kappa shape index (κ1) is 12.0. The smallest absolute Gasteiger partial charge is 0.130 e. The summed E-state index contributed by atoms with van der Waals surface area (Å²) in [6.45, 7) is 5.43. The van der Waals surface area contributed by atoms with E-state index in [1.165, 1.54) is 0 Å². The maximum Gasteiger partial charge on any atom is 0.130 e. The zero-order chi connectivity index (χ0) is 11.3. The van der Waals surface area contributed by atoms with Gasteiger partial charge in [-0.2, -0.15) is 5.10 Å². The van der Waals surface area contributed by atoms with Crippen molar-refractivity contribution in [1.29, 1.82) is 0 Å². The molecule has 0 radical (unpaired) electrons. The van der Waals surface area contributed by atoms with Gasteiger partial charge >= 0.3 is 0 Å². The van der Waals surface area contributed by atoms with Crippen LogP contribution in [0.15, 0.2) is 6.20 Å². The largest absolute Gasteiger partial charge is 0.363 e. The molecule has 15 heavy (non-hydrogen) atoms. The minimum Gasteiger partial charge on any atom is -0.363 e. The third-order valence-electron chi connectivity index (χ3n) is 2.28. The number of nitrogens with one attached hydrogen (secondary N) is 1. The van der Waals surface area contributed by atoms with E-state index in [1.807, 2.05) is 25.0 Å². The van der Waals surface area contributed by atoms with Crippen LogP contribution in [0.4, 0.5) is 5.82 Å². The molecule has 0 aliphatic rings. The molecule has 1 heterocycles. The van der Waals surface area contributed by atoms with Crippen LogP contribution in [0, 0.1) is 0 Å². The van der Waals surface area contributed by atoms with Crippen molar-refractivity contribution >= 4 is 5.82 Å². The number of aromatic nitrogens is 2. The zero-order valence-corrected chi connectivity index (χ0v) is 9.82. The highest BCUT2D eigenvalue weighted by Crippen LogP contribution is 2.17. The molecule has 0 aromatic carbocycles. The molecule has 0 aliphatic carbocycles. The second-order valence-electron chi connectivity index (χ2n) is 3.67. The average Bonchev–Trinajstić information content (AvgIpc) is 2.61. The molecule has 1 aromatic heterocycles. The molecule has 0 unspecified atom stereocenters. The quantitative estimate of drug-likeness (QED) is 0.651. The molecule has 0 aliphatic heterocycles. The Morgan fingerprint density at radius 1 is 1.53 bits per heavy atom. The van der Waals surface area contributed by atoms with Crippen molar-refractivity contribution in [3.8, 4) is 0 Å². The van der Waals surface area contributed by atoms with Crippen LogP contribution in [-0.2, 0) is 13.1 Å². The summed E-state index contributed by atoms with van der Waals surface area (Å²) < 4.78 is 1.99. The number of anilines is 1. The number of nitrogens with zero attached hydrogens (tertiary/aromatic N) is 3. The lowest BCUT2D eigenvalue weighted by atomic mass is 10.3. The van der Waals surface area contributed by atoms with Crippen LogP contribution in [0.1, 0.15) is 12.5 Å². The summed E-state index contributed by atoms with van der Waals surface area (Å²) in [5, 5.41) is 7.61. The number of hydrogen-bond acceptors (Lipinski definition) is 4. The SMILES string of the molecule is CCNCCn1ncc(CN)c1N(C)C. The highest BCUT2D eigenvalue weighted by molar-refractivity contribution is 5.45. The van der Waals surface area contributed by atoms with Crippen molar-refractivity contribution in [3.63, 3.8) is 0 Å². The third-order valence-corrected chi connectivity index (χ3v) is 2.28. The monoisotopic (exact) mass is 211 g/mol. The second kappa shape index (κ2) is 5.72. The normalized spacial score (nSPS) is 10.7. The minimum atomic E-state index is 0.536. The highest BCUT2D eigenvalue weighted by atomic mass is 15.4. The molecule has 1 rings (SSSR count). The molecule has 0 atom stereocenters. The number of likely N-dealkylation sites (N-methyl/N-ethyl adjacent to an activating group) is 1. The molecule has 86 valence electrons. The predicted molar refractivity (Wildman–Crippen MR) is 63.0 cm³/mol. The standard InChI is InChI=1S/C10H21N5/c1-4-12-5-6-15-10(14(2)3)9(7-11)8-13-15/h8,12H,4-7,11H2,1-3H3. The van der Waals surface area contributed by atoms with E-state index in [9.17, 15) is 0 Å². The van der Waals surface area contributed by atoms with Crippen molar-refractivity contribution in [2.45, 2.75) is 20.0 Å². The fourth-order valence-corrected chi connectivity index (χ4v) is 1.61. The third kappa shape index (κ3) is 2.94. The van der Waals surface area contributed by atoms with E-state index in [4.69, 9.17) is 5.73 Å². The topological polar surface area (TPSA) is 59.1 Å². The Labute approximate surface area is 91.2 Å². The summed E-state index contributed by atoms with van der Waals surface area (Å²) in [5.74, 6) is 1.11. The molecular formula is C10H21N5. The van der Waals surface area contributed by atoms with Gasteiger partial charge in [0.1, 0.15) is 5.82 Å². The molecule has 0 amide bonds. The Hall–Kier alpha value is -1.07. The second-order valence-corrected chi connectivity index (χ2v) is 3.67. The maximum atomic E-state index is 5.66. The van der Waals surface area contributed by atoms with E-state index in [1.54, 1.807) is 0 Å². The number of rotatable bonds is 6. The fraction of sp³-hybridized carbons (Fsp3) is 0.700. The van der Waals surface area contributed by atoms with Gasteiger partial charge in [-0.05, 0) is 6.54 Å². The van der Waals surface area contributed by atoms with Crippen molar-refractivity contribution < 1.29 is 0 Å².